The average molecular weight is 779 g/mol. The molecule has 0 radical (unpaired) electrons. The molecular formula is C48H54N6O4. The van der Waals surface area contributed by atoms with Gasteiger partial charge in [0.25, 0.3) is 0 Å². The molecular weight excluding hydrogens is 725 g/mol. The Hall–Kier alpha value is -5.06. The second kappa shape index (κ2) is 15.6. The van der Waals surface area contributed by atoms with Crippen LogP contribution in [0.5, 0.6) is 23.3 Å². The first-order valence-corrected chi connectivity index (χ1v) is 21.5. The van der Waals surface area contributed by atoms with Gasteiger partial charge in [-0.2, -0.15) is 0 Å². The van der Waals surface area contributed by atoms with E-state index in [2.05, 4.69) is 72.2 Å². The summed E-state index contributed by atoms with van der Waals surface area (Å²) in [5, 5.41) is 13.7. The lowest BCUT2D eigenvalue weighted by molar-refractivity contribution is -0.0505. The number of piperidine rings is 6. The largest absolute Gasteiger partial charge is 0.497 e. The number of hydrogen-bond acceptors (Lipinski definition) is 10. The van der Waals surface area contributed by atoms with Crippen LogP contribution in [0, 0.1) is 23.7 Å². The molecule has 300 valence electrons. The molecule has 9 heterocycles. The predicted molar refractivity (Wildman–Crippen MR) is 227 cm³/mol. The van der Waals surface area contributed by atoms with Gasteiger partial charge in [-0.05, 0) is 123 Å². The summed E-state index contributed by atoms with van der Waals surface area (Å²) < 4.78 is 26.0. The molecule has 10 heteroatoms. The Balaban J connectivity index is 1.06. The zero-order chi connectivity index (χ0) is 39.3. The average Bonchev–Trinajstić information content (AvgIpc) is 3.29. The SMILES string of the molecule is CCC1CN2CCC1C[C@H]2[C@H](Oc1nnc(O[C@H](c2ccnc3ccc(OC)cc23)[C@@H]2C[C@H]3CCN2C[C@@H]3CC)c2ccccc12)c1ccnc2ccc(OC)cc12. The van der Waals surface area contributed by atoms with Crippen LogP contribution in [0.2, 0.25) is 0 Å². The maximum atomic E-state index is 7.30. The molecule has 0 spiro atoms. The van der Waals surface area contributed by atoms with Crippen molar-refractivity contribution in [1.82, 2.24) is 30.0 Å². The molecule has 4 unspecified atom stereocenters. The quantitative estimate of drug-likeness (QED) is 0.120. The van der Waals surface area contributed by atoms with Crippen LogP contribution in [0.25, 0.3) is 32.6 Å². The van der Waals surface area contributed by atoms with Gasteiger partial charge in [-0.3, -0.25) is 19.8 Å². The summed E-state index contributed by atoms with van der Waals surface area (Å²) in [6.45, 7) is 9.00. The van der Waals surface area contributed by atoms with Gasteiger partial charge in [0.05, 0.1) is 48.1 Å². The van der Waals surface area contributed by atoms with Crippen LogP contribution in [0.15, 0.2) is 85.2 Å². The van der Waals surface area contributed by atoms with Crippen LogP contribution >= 0.6 is 0 Å². The van der Waals surface area contributed by atoms with Gasteiger partial charge in [0, 0.05) is 47.4 Å². The first kappa shape index (κ1) is 37.2. The van der Waals surface area contributed by atoms with Gasteiger partial charge >= 0.3 is 0 Å². The zero-order valence-electron chi connectivity index (χ0n) is 34.1. The fourth-order valence-corrected chi connectivity index (χ4v) is 11.1. The Morgan fingerprint density at radius 2 is 1.07 bits per heavy atom. The second-order valence-corrected chi connectivity index (χ2v) is 17.0. The van der Waals surface area contributed by atoms with Gasteiger partial charge in [0.1, 0.15) is 23.7 Å². The topological polar surface area (TPSA) is 95.0 Å². The highest BCUT2D eigenvalue weighted by Crippen LogP contribution is 2.47. The Morgan fingerprint density at radius 3 is 1.47 bits per heavy atom. The third-order valence-electron chi connectivity index (χ3n) is 14.3. The predicted octanol–water partition coefficient (Wildman–Crippen LogP) is 9.22. The van der Waals surface area contributed by atoms with E-state index >= 15 is 0 Å². The number of aromatic nitrogens is 4. The van der Waals surface area contributed by atoms with E-state index in [1.54, 1.807) is 14.2 Å². The van der Waals surface area contributed by atoms with E-state index in [9.17, 15) is 0 Å². The van der Waals surface area contributed by atoms with Crippen LogP contribution in [0.3, 0.4) is 0 Å². The van der Waals surface area contributed by atoms with E-state index < -0.39 is 0 Å². The molecule has 4 bridgehead atoms. The summed E-state index contributed by atoms with van der Waals surface area (Å²) in [6, 6.07) is 25.1. The number of benzene rings is 3. The fourth-order valence-electron chi connectivity index (χ4n) is 11.1. The lowest BCUT2D eigenvalue weighted by atomic mass is 9.72. The molecule has 12 rings (SSSR count). The standard InChI is InChI=1S/C48H54N6O4/c1-5-29-27-53-21-17-31(29)23-43(53)45(35-15-19-49-41-13-11-33(55-3)25-39(35)41)57-47-37-9-7-8-10-38(37)48(52-51-47)58-46(44-24-32-18-22-54(44)28-30(32)6-2)36-16-20-50-42-14-12-34(56-4)26-40(36)42/h7-16,19-20,25-26,29-32,43-46H,5-6,17-18,21-24,27-28H2,1-4H3/t29-,30?,31+,32?,43-,44-,45+,46+/m0/s1. The van der Waals surface area contributed by atoms with Crippen molar-refractivity contribution in [2.45, 2.75) is 76.7 Å². The molecule has 3 aromatic carbocycles. The van der Waals surface area contributed by atoms with Gasteiger partial charge in [0.2, 0.25) is 11.8 Å². The Bertz CT molecular complexity index is 2280. The number of methoxy groups -OCH3 is 2. The summed E-state index contributed by atoms with van der Waals surface area (Å²) in [5.74, 6) is 5.39. The number of pyridine rings is 2. The van der Waals surface area contributed by atoms with E-state index in [0.717, 1.165) is 94.2 Å². The fraction of sp³-hybridized carbons (Fsp3) is 0.458. The van der Waals surface area contributed by atoms with Crippen molar-refractivity contribution >= 4 is 32.6 Å². The minimum absolute atomic E-state index is 0.180. The van der Waals surface area contributed by atoms with E-state index in [-0.39, 0.29) is 24.3 Å². The molecule has 58 heavy (non-hydrogen) atoms. The van der Waals surface area contributed by atoms with E-state index in [0.29, 0.717) is 35.4 Å². The van der Waals surface area contributed by atoms with Crippen LogP contribution in [-0.2, 0) is 0 Å². The Labute approximate surface area is 340 Å². The molecule has 0 aliphatic carbocycles. The lowest BCUT2D eigenvalue weighted by Gasteiger charge is -2.52. The number of nitrogens with zero attached hydrogens (tertiary/aromatic N) is 6. The Kier molecular flexibility index (Phi) is 10.0. The molecule has 10 nitrogen and oxygen atoms in total. The molecule has 0 amide bonds. The van der Waals surface area contributed by atoms with Crippen LogP contribution in [0.1, 0.15) is 75.7 Å². The van der Waals surface area contributed by atoms with Crippen LogP contribution < -0.4 is 18.9 Å². The number of hydrogen-bond donors (Lipinski definition) is 0. The molecule has 6 aromatic rings. The second-order valence-electron chi connectivity index (χ2n) is 17.0. The maximum Gasteiger partial charge on any atom is 0.242 e. The van der Waals surface area contributed by atoms with Crippen LogP contribution in [-0.4, -0.2) is 82.4 Å². The highest BCUT2D eigenvalue weighted by atomic mass is 16.5. The zero-order valence-corrected chi connectivity index (χ0v) is 34.1. The van der Waals surface area contributed by atoms with Gasteiger partial charge in [-0.25, -0.2) is 0 Å². The highest BCUT2D eigenvalue weighted by molar-refractivity contribution is 5.91. The third kappa shape index (κ3) is 6.58. The van der Waals surface area contributed by atoms with Crippen molar-refractivity contribution in [3.63, 3.8) is 0 Å². The summed E-state index contributed by atoms with van der Waals surface area (Å²) in [7, 11) is 3.42. The molecule has 6 saturated heterocycles. The number of rotatable bonds is 12. The summed E-state index contributed by atoms with van der Waals surface area (Å²) in [4.78, 5) is 14.8. The normalized spacial score (nSPS) is 27.4. The molecule has 6 fully saturated rings. The number of fused-ring (bicyclic) bond motifs is 9. The molecule has 6 aliphatic rings. The molecule has 3 aromatic heterocycles. The smallest absolute Gasteiger partial charge is 0.242 e. The number of ether oxygens (including phenoxy) is 4. The lowest BCUT2D eigenvalue weighted by Crippen LogP contribution is -2.56. The molecule has 0 saturated carbocycles. The van der Waals surface area contributed by atoms with Crippen molar-refractivity contribution in [1.29, 1.82) is 0 Å². The molecule has 0 N–H and O–H groups in total. The summed E-state index contributed by atoms with van der Waals surface area (Å²) in [6.07, 6.45) is 10.2. The minimum atomic E-state index is -0.300. The van der Waals surface area contributed by atoms with Crippen molar-refractivity contribution in [3.8, 4) is 23.3 Å². The van der Waals surface area contributed by atoms with Crippen LogP contribution in [0.4, 0.5) is 0 Å². The Morgan fingerprint density at radius 1 is 0.603 bits per heavy atom. The van der Waals surface area contributed by atoms with Gasteiger partial charge in [-0.1, -0.05) is 38.8 Å². The van der Waals surface area contributed by atoms with Crippen molar-refractivity contribution in [2.75, 3.05) is 40.4 Å². The monoisotopic (exact) mass is 778 g/mol. The van der Waals surface area contributed by atoms with Gasteiger partial charge < -0.3 is 18.9 Å². The van der Waals surface area contributed by atoms with E-state index in [4.69, 9.17) is 39.1 Å². The summed E-state index contributed by atoms with van der Waals surface area (Å²) >= 11 is 0. The van der Waals surface area contributed by atoms with Crippen molar-refractivity contribution in [3.05, 3.63) is 96.3 Å². The summed E-state index contributed by atoms with van der Waals surface area (Å²) in [5.41, 5.74) is 4.01. The first-order chi connectivity index (χ1) is 28.5. The minimum Gasteiger partial charge on any atom is -0.497 e. The van der Waals surface area contributed by atoms with Crippen molar-refractivity contribution < 1.29 is 18.9 Å². The van der Waals surface area contributed by atoms with E-state index in [1.807, 2.05) is 36.7 Å². The third-order valence-corrected chi connectivity index (χ3v) is 14.3. The highest BCUT2D eigenvalue weighted by Gasteiger charge is 2.46. The van der Waals surface area contributed by atoms with E-state index in [1.165, 1.54) is 25.7 Å². The van der Waals surface area contributed by atoms with Crippen molar-refractivity contribution in [2.24, 2.45) is 23.7 Å². The molecule has 10 atom stereocenters. The maximum absolute atomic E-state index is 7.30. The van der Waals surface area contributed by atoms with Gasteiger partial charge in [0.15, 0.2) is 0 Å². The molecule has 6 aliphatic heterocycles. The first-order valence-electron chi connectivity index (χ1n) is 21.5. The van der Waals surface area contributed by atoms with Gasteiger partial charge in [-0.15, -0.1) is 10.2 Å².